The third kappa shape index (κ3) is 3.26. The molecule has 2 rings (SSSR count). The third-order valence-corrected chi connectivity index (χ3v) is 3.76. The summed E-state index contributed by atoms with van der Waals surface area (Å²) in [6.45, 7) is 0.0728. The molecule has 0 radical (unpaired) electrons. The van der Waals surface area contributed by atoms with E-state index in [2.05, 4.69) is 15.9 Å². The Morgan fingerprint density at radius 1 is 1.35 bits per heavy atom. The molecule has 0 bridgehead atoms. The number of hydrogen-bond acceptors (Lipinski definition) is 3. The smallest absolute Gasteiger partial charge is 0.283 e. The summed E-state index contributed by atoms with van der Waals surface area (Å²) in [6.07, 6.45) is 0. The molecule has 0 N–H and O–H groups in total. The van der Waals surface area contributed by atoms with Crippen molar-refractivity contribution in [2.24, 2.45) is 0 Å². The first-order chi connectivity index (χ1) is 9.49. The maximum Gasteiger partial charge on any atom is 0.283 e. The van der Waals surface area contributed by atoms with Crippen LogP contribution in [-0.2, 0) is 6.61 Å². The molecule has 0 aliphatic rings. The molecule has 0 amide bonds. The Labute approximate surface area is 127 Å². The van der Waals surface area contributed by atoms with Gasteiger partial charge in [-0.2, -0.15) is 0 Å². The second kappa shape index (κ2) is 6.19. The van der Waals surface area contributed by atoms with Gasteiger partial charge in [-0.15, -0.1) is 0 Å². The van der Waals surface area contributed by atoms with E-state index in [1.807, 2.05) is 0 Å². The second-order valence-corrected chi connectivity index (χ2v) is 5.07. The van der Waals surface area contributed by atoms with Crippen molar-refractivity contribution < 1.29 is 14.1 Å². The molecule has 20 heavy (non-hydrogen) atoms. The van der Waals surface area contributed by atoms with Crippen LogP contribution in [-0.4, -0.2) is 4.92 Å². The summed E-state index contributed by atoms with van der Waals surface area (Å²) < 4.78 is 19.0. The number of hydrogen-bond donors (Lipinski definition) is 0. The summed E-state index contributed by atoms with van der Waals surface area (Å²) in [5, 5.41) is 10.8. The predicted octanol–water partition coefficient (Wildman–Crippen LogP) is 4.73. The first-order valence-electron chi connectivity index (χ1n) is 5.48. The standard InChI is InChI=1S/C13H8BrClFNO3/c14-13-8(2-1-3-12(13)17(18)19)7-20-9-4-5-10(15)11(16)6-9/h1-6H,7H2. The Morgan fingerprint density at radius 3 is 2.75 bits per heavy atom. The van der Waals surface area contributed by atoms with Crippen LogP contribution in [0.5, 0.6) is 5.75 Å². The fourth-order valence-electron chi connectivity index (χ4n) is 1.55. The highest BCUT2D eigenvalue weighted by Crippen LogP contribution is 2.29. The van der Waals surface area contributed by atoms with Gasteiger partial charge in [-0.25, -0.2) is 4.39 Å². The molecule has 0 aromatic heterocycles. The van der Waals surface area contributed by atoms with Crippen molar-refractivity contribution >= 4 is 33.2 Å². The highest BCUT2D eigenvalue weighted by molar-refractivity contribution is 9.10. The van der Waals surface area contributed by atoms with Crippen LogP contribution in [0, 0.1) is 15.9 Å². The number of benzene rings is 2. The van der Waals surface area contributed by atoms with Gasteiger partial charge in [0.15, 0.2) is 0 Å². The lowest BCUT2D eigenvalue weighted by Gasteiger charge is -2.08. The van der Waals surface area contributed by atoms with Gasteiger partial charge in [0, 0.05) is 17.7 Å². The van der Waals surface area contributed by atoms with E-state index < -0.39 is 10.7 Å². The SMILES string of the molecule is O=[N+]([O-])c1cccc(COc2ccc(Cl)c(F)c2)c1Br. The van der Waals surface area contributed by atoms with Crippen LogP contribution in [0.3, 0.4) is 0 Å². The van der Waals surface area contributed by atoms with E-state index in [-0.39, 0.29) is 17.3 Å². The molecule has 2 aromatic rings. The fraction of sp³-hybridized carbons (Fsp3) is 0.0769. The zero-order chi connectivity index (χ0) is 14.7. The number of nitrogens with zero attached hydrogens (tertiary/aromatic N) is 1. The summed E-state index contributed by atoms with van der Waals surface area (Å²) in [4.78, 5) is 10.3. The first kappa shape index (κ1) is 14.7. The zero-order valence-electron chi connectivity index (χ0n) is 9.98. The van der Waals surface area contributed by atoms with Crippen LogP contribution in [0.4, 0.5) is 10.1 Å². The van der Waals surface area contributed by atoms with Crippen molar-refractivity contribution in [3.05, 3.63) is 67.4 Å². The monoisotopic (exact) mass is 359 g/mol. The van der Waals surface area contributed by atoms with E-state index >= 15 is 0 Å². The maximum atomic E-state index is 13.2. The summed E-state index contributed by atoms with van der Waals surface area (Å²) >= 11 is 8.73. The molecule has 0 unspecified atom stereocenters. The lowest BCUT2D eigenvalue weighted by Crippen LogP contribution is -1.99. The third-order valence-electron chi connectivity index (χ3n) is 2.54. The lowest BCUT2D eigenvalue weighted by molar-refractivity contribution is -0.385. The molecule has 4 nitrogen and oxygen atoms in total. The predicted molar refractivity (Wildman–Crippen MR) is 76.5 cm³/mol. The summed E-state index contributed by atoms with van der Waals surface area (Å²) in [6, 6.07) is 8.70. The van der Waals surface area contributed by atoms with E-state index in [1.54, 1.807) is 12.1 Å². The fourth-order valence-corrected chi connectivity index (χ4v) is 2.19. The van der Waals surface area contributed by atoms with Crippen LogP contribution < -0.4 is 4.74 Å². The Bertz CT molecular complexity index is 666. The van der Waals surface area contributed by atoms with E-state index in [1.165, 1.54) is 18.2 Å². The number of nitro benzene ring substituents is 1. The van der Waals surface area contributed by atoms with Crippen molar-refractivity contribution in [2.75, 3.05) is 0 Å². The molecule has 0 saturated heterocycles. The molecule has 0 heterocycles. The Kier molecular flexibility index (Phi) is 4.57. The van der Waals surface area contributed by atoms with Crippen molar-refractivity contribution in [1.82, 2.24) is 0 Å². The van der Waals surface area contributed by atoms with Gasteiger partial charge >= 0.3 is 0 Å². The molecule has 104 valence electrons. The van der Waals surface area contributed by atoms with Crippen LogP contribution in [0.15, 0.2) is 40.9 Å². The molecular weight excluding hydrogens is 353 g/mol. The van der Waals surface area contributed by atoms with E-state index in [0.717, 1.165) is 6.07 Å². The van der Waals surface area contributed by atoms with Crippen LogP contribution in [0.25, 0.3) is 0 Å². The molecule has 7 heteroatoms. The molecule has 0 aliphatic heterocycles. The van der Waals surface area contributed by atoms with Gasteiger partial charge in [0.1, 0.15) is 22.6 Å². The highest BCUT2D eigenvalue weighted by Gasteiger charge is 2.15. The van der Waals surface area contributed by atoms with Gasteiger partial charge in [-0.3, -0.25) is 10.1 Å². The zero-order valence-corrected chi connectivity index (χ0v) is 12.3. The molecular formula is C13H8BrClFNO3. The molecule has 0 saturated carbocycles. The van der Waals surface area contributed by atoms with E-state index in [9.17, 15) is 14.5 Å². The highest BCUT2D eigenvalue weighted by atomic mass is 79.9. The van der Waals surface area contributed by atoms with E-state index in [4.69, 9.17) is 16.3 Å². The summed E-state index contributed by atoms with van der Waals surface area (Å²) in [5.74, 6) is -0.285. The molecule has 0 spiro atoms. The van der Waals surface area contributed by atoms with Crippen LogP contribution in [0.1, 0.15) is 5.56 Å². The van der Waals surface area contributed by atoms with E-state index in [0.29, 0.717) is 15.8 Å². The Hall–Kier alpha value is -1.66. The Balaban J connectivity index is 2.17. The average Bonchev–Trinajstić information content (AvgIpc) is 2.41. The number of halogens is 3. The second-order valence-electron chi connectivity index (χ2n) is 3.87. The van der Waals surface area contributed by atoms with Gasteiger partial charge in [0.05, 0.1) is 9.95 Å². The minimum Gasteiger partial charge on any atom is -0.489 e. The number of nitro groups is 1. The van der Waals surface area contributed by atoms with Crippen molar-refractivity contribution in [3.63, 3.8) is 0 Å². The minimum atomic E-state index is -0.581. The van der Waals surface area contributed by atoms with Gasteiger partial charge in [0.25, 0.3) is 5.69 Å². The average molecular weight is 361 g/mol. The molecule has 2 aromatic carbocycles. The normalized spacial score (nSPS) is 10.3. The van der Waals surface area contributed by atoms with Crippen LogP contribution in [0.2, 0.25) is 5.02 Å². The Morgan fingerprint density at radius 2 is 2.10 bits per heavy atom. The van der Waals surface area contributed by atoms with Gasteiger partial charge < -0.3 is 4.74 Å². The minimum absolute atomic E-state index is 0.00822. The van der Waals surface area contributed by atoms with Crippen molar-refractivity contribution in [3.8, 4) is 5.75 Å². The van der Waals surface area contributed by atoms with Gasteiger partial charge in [-0.05, 0) is 28.1 Å². The van der Waals surface area contributed by atoms with Crippen molar-refractivity contribution in [2.45, 2.75) is 6.61 Å². The number of ether oxygens (including phenoxy) is 1. The molecule has 0 aliphatic carbocycles. The first-order valence-corrected chi connectivity index (χ1v) is 6.66. The topological polar surface area (TPSA) is 52.4 Å². The lowest BCUT2D eigenvalue weighted by atomic mass is 10.2. The van der Waals surface area contributed by atoms with Gasteiger partial charge in [0.2, 0.25) is 0 Å². The van der Waals surface area contributed by atoms with Gasteiger partial charge in [-0.1, -0.05) is 23.7 Å². The van der Waals surface area contributed by atoms with Crippen LogP contribution >= 0.6 is 27.5 Å². The summed E-state index contributed by atoms with van der Waals surface area (Å²) in [5.41, 5.74) is 0.544. The van der Waals surface area contributed by atoms with Crippen molar-refractivity contribution in [1.29, 1.82) is 0 Å². The largest absolute Gasteiger partial charge is 0.489 e. The quantitative estimate of drug-likeness (QED) is 0.585. The summed E-state index contributed by atoms with van der Waals surface area (Å²) in [7, 11) is 0. The molecule has 0 fully saturated rings. The number of rotatable bonds is 4. The molecule has 0 atom stereocenters. The maximum absolute atomic E-state index is 13.2.